The minimum absolute atomic E-state index is 0.213. The van der Waals surface area contributed by atoms with Crippen LogP contribution in [0.25, 0.3) is 0 Å². The molecule has 0 amide bonds. The van der Waals surface area contributed by atoms with Crippen molar-refractivity contribution in [2.45, 2.75) is 33.1 Å². The van der Waals surface area contributed by atoms with Gasteiger partial charge in [-0.15, -0.1) is 0 Å². The number of H-pyrrole nitrogens is 1. The van der Waals surface area contributed by atoms with E-state index in [0.29, 0.717) is 0 Å². The summed E-state index contributed by atoms with van der Waals surface area (Å²) in [5.41, 5.74) is -1.88. The van der Waals surface area contributed by atoms with E-state index in [0.717, 1.165) is 10.8 Å². The zero-order valence-electron chi connectivity index (χ0n) is 9.69. The molecule has 2 unspecified atom stereocenters. The highest BCUT2D eigenvalue weighted by atomic mass is 19.1. The molecule has 17 heavy (non-hydrogen) atoms. The van der Waals surface area contributed by atoms with Gasteiger partial charge in [0.15, 0.2) is 5.78 Å². The van der Waals surface area contributed by atoms with Crippen LogP contribution < -0.4 is 11.2 Å². The molecule has 1 N–H and O–H groups in total. The van der Waals surface area contributed by atoms with Crippen LogP contribution in [0.15, 0.2) is 15.8 Å². The highest BCUT2D eigenvalue weighted by molar-refractivity contribution is 5.79. The van der Waals surface area contributed by atoms with Gasteiger partial charge >= 0.3 is 5.69 Å². The van der Waals surface area contributed by atoms with Crippen LogP contribution in [-0.2, 0) is 9.53 Å². The number of hydrogen-bond donors (Lipinski definition) is 1. The first-order valence-corrected chi connectivity index (χ1v) is 4.99. The molecule has 94 valence electrons. The molecule has 2 atom stereocenters. The Labute approximate surface area is 96.0 Å². The van der Waals surface area contributed by atoms with Crippen LogP contribution in [0, 0.1) is 5.82 Å². The number of halogens is 1. The Morgan fingerprint density at radius 3 is 2.59 bits per heavy atom. The van der Waals surface area contributed by atoms with Crippen molar-refractivity contribution >= 4 is 5.78 Å². The van der Waals surface area contributed by atoms with Crippen molar-refractivity contribution in [2.24, 2.45) is 0 Å². The molecule has 1 heterocycles. The van der Waals surface area contributed by atoms with Gasteiger partial charge in [-0.1, -0.05) is 0 Å². The molecule has 0 aliphatic heterocycles. The van der Waals surface area contributed by atoms with E-state index < -0.39 is 29.4 Å². The van der Waals surface area contributed by atoms with Crippen LogP contribution in [0.4, 0.5) is 4.39 Å². The third-order valence-corrected chi connectivity index (χ3v) is 2.29. The molecule has 0 aliphatic rings. The number of hydrogen-bond acceptors (Lipinski definition) is 4. The maximum atomic E-state index is 13.0. The van der Waals surface area contributed by atoms with Gasteiger partial charge in [-0.2, -0.15) is 4.39 Å². The van der Waals surface area contributed by atoms with Gasteiger partial charge < -0.3 is 4.74 Å². The molecule has 1 aromatic heterocycles. The molecule has 0 radical (unpaired) electrons. The van der Waals surface area contributed by atoms with Crippen molar-refractivity contribution in [1.82, 2.24) is 9.55 Å². The zero-order valence-corrected chi connectivity index (χ0v) is 9.69. The highest BCUT2D eigenvalue weighted by Gasteiger charge is 2.16. The number of ketones is 1. The van der Waals surface area contributed by atoms with E-state index in [2.05, 4.69) is 0 Å². The van der Waals surface area contributed by atoms with Gasteiger partial charge in [0.25, 0.3) is 5.56 Å². The summed E-state index contributed by atoms with van der Waals surface area (Å²) in [4.78, 5) is 34.9. The number of aromatic amines is 1. The summed E-state index contributed by atoms with van der Waals surface area (Å²) >= 11 is 0. The van der Waals surface area contributed by atoms with Gasteiger partial charge in [0, 0.05) is 0 Å². The predicted molar refractivity (Wildman–Crippen MR) is 57.2 cm³/mol. The molecule has 0 fully saturated rings. The number of nitrogens with one attached hydrogen (secondary N) is 1. The fourth-order valence-electron chi connectivity index (χ4n) is 1.19. The molecule has 0 bridgehead atoms. The van der Waals surface area contributed by atoms with Crippen LogP contribution in [0.3, 0.4) is 0 Å². The molecule has 7 heteroatoms. The number of rotatable bonds is 4. The minimum atomic E-state index is -1.09. The lowest BCUT2D eigenvalue weighted by Gasteiger charge is -2.18. The maximum absolute atomic E-state index is 13.0. The molecule has 0 aromatic carbocycles. The smallest absolute Gasteiger partial charge is 0.330 e. The summed E-state index contributed by atoms with van der Waals surface area (Å²) in [6.45, 7) is 4.33. The predicted octanol–water partition coefficient (Wildman–Crippen LogP) is 0.188. The van der Waals surface area contributed by atoms with E-state index in [1.807, 2.05) is 0 Å². The Balaban J connectivity index is 3.01. The molecule has 0 saturated heterocycles. The number of aromatic nitrogens is 2. The van der Waals surface area contributed by atoms with Crippen LogP contribution in [-0.4, -0.2) is 21.4 Å². The second-order valence-corrected chi connectivity index (χ2v) is 3.63. The van der Waals surface area contributed by atoms with Gasteiger partial charge in [0.05, 0.1) is 6.20 Å². The van der Waals surface area contributed by atoms with E-state index in [1.54, 1.807) is 4.98 Å². The zero-order chi connectivity index (χ0) is 13.2. The number of carbonyl (C=O) groups is 1. The number of ether oxygens (including phenoxy) is 1. The molecule has 6 nitrogen and oxygen atoms in total. The molecule has 1 rings (SSSR count). The highest BCUT2D eigenvalue weighted by Crippen LogP contribution is 2.08. The van der Waals surface area contributed by atoms with Crippen molar-refractivity contribution in [3.8, 4) is 0 Å². The first kappa shape index (κ1) is 13.3. The number of nitrogens with zero attached hydrogens (tertiary/aromatic N) is 1. The Morgan fingerprint density at radius 2 is 2.06 bits per heavy atom. The Hall–Kier alpha value is -1.76. The first-order chi connectivity index (χ1) is 7.82. The summed E-state index contributed by atoms with van der Waals surface area (Å²) in [7, 11) is 0. The van der Waals surface area contributed by atoms with Gasteiger partial charge in [0.2, 0.25) is 5.82 Å². The monoisotopic (exact) mass is 244 g/mol. The van der Waals surface area contributed by atoms with Crippen molar-refractivity contribution in [3.05, 3.63) is 32.9 Å². The summed E-state index contributed by atoms with van der Waals surface area (Å²) in [6.07, 6.45) is -0.821. The second-order valence-electron chi connectivity index (χ2n) is 3.63. The fourth-order valence-corrected chi connectivity index (χ4v) is 1.19. The third-order valence-electron chi connectivity index (χ3n) is 2.29. The lowest BCUT2D eigenvalue weighted by atomic mass is 10.3. The first-order valence-electron chi connectivity index (χ1n) is 4.99. The average Bonchev–Trinajstić information content (AvgIpc) is 2.22. The van der Waals surface area contributed by atoms with E-state index in [-0.39, 0.29) is 5.78 Å². The average molecular weight is 244 g/mol. The molecular weight excluding hydrogens is 231 g/mol. The van der Waals surface area contributed by atoms with E-state index in [4.69, 9.17) is 4.74 Å². The van der Waals surface area contributed by atoms with Crippen molar-refractivity contribution < 1.29 is 13.9 Å². The van der Waals surface area contributed by atoms with Gasteiger partial charge in [-0.05, 0) is 20.8 Å². The standard InChI is InChI=1S/C10H13FN2O4/c1-5(14)6(2)17-7(3)13-4-8(11)9(15)12-10(13)16/h4,6-7H,1-3H3,(H,12,15,16). The lowest BCUT2D eigenvalue weighted by Crippen LogP contribution is -2.35. The van der Waals surface area contributed by atoms with Crippen molar-refractivity contribution in [1.29, 1.82) is 0 Å². The molecule has 0 aliphatic carbocycles. The Bertz CT molecular complexity index is 534. The summed E-state index contributed by atoms with van der Waals surface area (Å²) in [5, 5.41) is 0. The van der Waals surface area contributed by atoms with Crippen LogP contribution in [0.1, 0.15) is 27.0 Å². The summed E-state index contributed by atoms with van der Waals surface area (Å²) < 4.78 is 19.1. The maximum Gasteiger partial charge on any atom is 0.330 e. The van der Waals surface area contributed by atoms with Gasteiger partial charge in [-0.3, -0.25) is 19.1 Å². The van der Waals surface area contributed by atoms with E-state index in [9.17, 15) is 18.8 Å². The van der Waals surface area contributed by atoms with Gasteiger partial charge in [0.1, 0.15) is 12.3 Å². The molecule has 0 saturated carbocycles. The summed E-state index contributed by atoms with van der Waals surface area (Å²) in [5.74, 6) is -1.30. The molecule has 0 spiro atoms. The topological polar surface area (TPSA) is 81.2 Å². The van der Waals surface area contributed by atoms with Gasteiger partial charge in [-0.25, -0.2) is 4.79 Å². The van der Waals surface area contributed by atoms with Crippen LogP contribution in [0.2, 0.25) is 0 Å². The van der Waals surface area contributed by atoms with Crippen molar-refractivity contribution in [3.63, 3.8) is 0 Å². The van der Waals surface area contributed by atoms with Crippen LogP contribution in [0.5, 0.6) is 0 Å². The SMILES string of the molecule is CC(=O)C(C)OC(C)n1cc(F)c(=O)[nH]c1=O. The second kappa shape index (κ2) is 5.05. The van der Waals surface area contributed by atoms with Crippen molar-refractivity contribution in [2.75, 3.05) is 0 Å². The Morgan fingerprint density at radius 1 is 1.47 bits per heavy atom. The van der Waals surface area contributed by atoms with E-state index in [1.165, 1.54) is 20.8 Å². The number of carbonyl (C=O) groups excluding carboxylic acids is 1. The van der Waals surface area contributed by atoms with E-state index >= 15 is 0 Å². The fraction of sp³-hybridized carbons (Fsp3) is 0.500. The lowest BCUT2D eigenvalue weighted by molar-refractivity contribution is -0.133. The quantitative estimate of drug-likeness (QED) is 0.819. The summed E-state index contributed by atoms with van der Waals surface area (Å²) in [6, 6.07) is 0. The van der Waals surface area contributed by atoms with Crippen LogP contribution >= 0.6 is 0 Å². The largest absolute Gasteiger partial charge is 0.347 e. The molecule has 1 aromatic rings. The normalized spacial score (nSPS) is 14.4. The Kier molecular flexibility index (Phi) is 3.95. The molecular formula is C10H13FN2O4. The minimum Gasteiger partial charge on any atom is -0.347 e. The number of Topliss-reactive ketones (excluding diaryl/α,β-unsaturated/α-hetero) is 1. The third kappa shape index (κ3) is 3.10.